The number of benzene rings is 1. The predicted molar refractivity (Wildman–Crippen MR) is 87.7 cm³/mol. The number of para-hydroxylation sites is 1. The Hall–Kier alpha value is -2.51. The molecule has 2 N–H and O–H groups in total. The number of rotatable bonds is 8. The molecule has 0 aliphatic heterocycles. The molecule has 1 rings (SSSR count). The van der Waals surface area contributed by atoms with Crippen LogP contribution in [0.3, 0.4) is 0 Å². The van der Waals surface area contributed by atoms with Gasteiger partial charge >= 0.3 is 6.36 Å². The van der Waals surface area contributed by atoms with E-state index in [9.17, 15) is 22.8 Å². The molecule has 138 valence electrons. The summed E-state index contributed by atoms with van der Waals surface area (Å²) in [6, 6.07) is 5.54. The van der Waals surface area contributed by atoms with Gasteiger partial charge in [0, 0.05) is 30.6 Å². The highest BCUT2D eigenvalue weighted by molar-refractivity contribution is 5.92. The summed E-state index contributed by atoms with van der Waals surface area (Å²) < 4.78 is 40.8. The molecule has 0 saturated carbocycles. The summed E-state index contributed by atoms with van der Waals surface area (Å²) in [6.07, 6.45) is -1.58. The molecule has 5 nitrogen and oxygen atoms in total. The Morgan fingerprint density at radius 3 is 2.60 bits per heavy atom. The molecule has 0 aliphatic carbocycles. The molecular weight excluding hydrogens is 337 g/mol. The predicted octanol–water partition coefficient (Wildman–Crippen LogP) is 3.02. The standard InChI is InChI=1S/C17H21F3N2O3/c1-3-12(2)22-16(24)10-11-21-15(23)9-8-13-6-4-5-7-14(13)25-17(18,19)20/h4-9,12H,3,10-11H2,1-2H3,(H,21,23)(H,22,24)/b9-8+. The van der Waals surface area contributed by atoms with E-state index in [1.54, 1.807) is 0 Å². The van der Waals surface area contributed by atoms with Gasteiger partial charge in [0.05, 0.1) is 0 Å². The lowest BCUT2D eigenvalue weighted by Gasteiger charge is -2.11. The minimum Gasteiger partial charge on any atom is -0.405 e. The van der Waals surface area contributed by atoms with E-state index in [2.05, 4.69) is 15.4 Å². The van der Waals surface area contributed by atoms with Crippen molar-refractivity contribution in [2.24, 2.45) is 0 Å². The Kier molecular flexibility index (Phi) is 7.97. The second-order valence-electron chi connectivity index (χ2n) is 5.34. The van der Waals surface area contributed by atoms with Crippen LogP contribution < -0.4 is 15.4 Å². The van der Waals surface area contributed by atoms with Gasteiger partial charge in [-0.2, -0.15) is 0 Å². The summed E-state index contributed by atoms with van der Waals surface area (Å²) in [5.74, 6) is -1.09. The van der Waals surface area contributed by atoms with Gasteiger partial charge in [-0.15, -0.1) is 13.2 Å². The molecule has 1 aromatic rings. The van der Waals surface area contributed by atoms with Crippen LogP contribution in [0.5, 0.6) is 5.75 Å². The van der Waals surface area contributed by atoms with Gasteiger partial charge in [0.2, 0.25) is 11.8 Å². The highest BCUT2D eigenvalue weighted by Gasteiger charge is 2.31. The van der Waals surface area contributed by atoms with Gasteiger partial charge in [-0.3, -0.25) is 9.59 Å². The third-order valence-electron chi connectivity index (χ3n) is 3.23. The molecule has 0 radical (unpaired) electrons. The second kappa shape index (κ2) is 9.71. The average Bonchev–Trinajstić information content (AvgIpc) is 2.52. The highest BCUT2D eigenvalue weighted by atomic mass is 19.4. The van der Waals surface area contributed by atoms with E-state index in [4.69, 9.17) is 0 Å². The molecule has 1 unspecified atom stereocenters. The van der Waals surface area contributed by atoms with Gasteiger partial charge in [-0.25, -0.2) is 0 Å². The molecule has 0 saturated heterocycles. The van der Waals surface area contributed by atoms with Gasteiger partial charge in [0.15, 0.2) is 0 Å². The second-order valence-corrected chi connectivity index (χ2v) is 5.34. The number of nitrogens with one attached hydrogen (secondary N) is 2. The normalized spacial score (nSPS) is 12.7. The van der Waals surface area contributed by atoms with Crippen LogP contribution in [-0.4, -0.2) is 30.8 Å². The minimum absolute atomic E-state index is 0.0632. The number of hydrogen-bond donors (Lipinski definition) is 2. The monoisotopic (exact) mass is 358 g/mol. The van der Waals surface area contributed by atoms with Crippen molar-refractivity contribution >= 4 is 17.9 Å². The van der Waals surface area contributed by atoms with Crippen LogP contribution in [0, 0.1) is 0 Å². The lowest BCUT2D eigenvalue weighted by Crippen LogP contribution is -2.34. The number of halogens is 3. The zero-order chi connectivity index (χ0) is 18.9. The van der Waals surface area contributed by atoms with Gasteiger partial charge < -0.3 is 15.4 Å². The molecule has 8 heteroatoms. The fourth-order valence-electron chi connectivity index (χ4n) is 1.81. The molecule has 1 atom stereocenters. The highest BCUT2D eigenvalue weighted by Crippen LogP contribution is 2.26. The Morgan fingerprint density at radius 2 is 1.96 bits per heavy atom. The Morgan fingerprint density at radius 1 is 1.28 bits per heavy atom. The Labute approximate surface area is 144 Å². The van der Waals surface area contributed by atoms with Crippen LogP contribution in [0.4, 0.5) is 13.2 Å². The van der Waals surface area contributed by atoms with Crippen LogP contribution in [0.25, 0.3) is 6.08 Å². The topological polar surface area (TPSA) is 67.4 Å². The number of alkyl halides is 3. The molecule has 25 heavy (non-hydrogen) atoms. The summed E-state index contributed by atoms with van der Waals surface area (Å²) in [6.45, 7) is 3.95. The van der Waals surface area contributed by atoms with Crippen molar-refractivity contribution in [1.29, 1.82) is 0 Å². The maximum absolute atomic E-state index is 12.3. The fourth-order valence-corrected chi connectivity index (χ4v) is 1.81. The molecule has 0 bridgehead atoms. The number of carbonyl (C=O) groups is 2. The zero-order valence-corrected chi connectivity index (χ0v) is 14.0. The third-order valence-corrected chi connectivity index (χ3v) is 3.23. The van der Waals surface area contributed by atoms with Crippen molar-refractivity contribution in [3.8, 4) is 5.75 Å². The first kappa shape index (κ1) is 20.5. The average molecular weight is 358 g/mol. The van der Waals surface area contributed by atoms with E-state index in [1.165, 1.54) is 24.3 Å². The lowest BCUT2D eigenvalue weighted by molar-refractivity contribution is -0.274. The minimum atomic E-state index is -4.81. The zero-order valence-electron chi connectivity index (χ0n) is 14.0. The molecule has 2 amide bonds. The van der Waals surface area contributed by atoms with Crippen molar-refractivity contribution in [3.63, 3.8) is 0 Å². The molecule has 0 spiro atoms. The molecule has 0 aromatic heterocycles. The summed E-state index contributed by atoms with van der Waals surface area (Å²) in [7, 11) is 0. The van der Waals surface area contributed by atoms with Crippen LogP contribution in [0.2, 0.25) is 0 Å². The number of hydrogen-bond acceptors (Lipinski definition) is 3. The maximum atomic E-state index is 12.3. The van der Waals surface area contributed by atoms with Crippen LogP contribution in [0.1, 0.15) is 32.3 Å². The third kappa shape index (κ3) is 8.78. The number of carbonyl (C=O) groups excluding carboxylic acids is 2. The largest absolute Gasteiger partial charge is 0.573 e. The Bertz CT molecular complexity index is 615. The van der Waals surface area contributed by atoms with E-state index in [0.717, 1.165) is 18.6 Å². The van der Waals surface area contributed by atoms with Gasteiger partial charge in [-0.1, -0.05) is 25.1 Å². The van der Waals surface area contributed by atoms with Crippen LogP contribution in [-0.2, 0) is 9.59 Å². The molecule has 1 aromatic carbocycles. The van der Waals surface area contributed by atoms with Gasteiger partial charge in [0.25, 0.3) is 0 Å². The number of ether oxygens (including phenoxy) is 1. The summed E-state index contributed by atoms with van der Waals surface area (Å²) >= 11 is 0. The van der Waals surface area contributed by atoms with Gasteiger partial charge in [-0.05, 0) is 25.5 Å². The van der Waals surface area contributed by atoms with E-state index >= 15 is 0 Å². The van der Waals surface area contributed by atoms with Crippen LogP contribution in [0.15, 0.2) is 30.3 Å². The maximum Gasteiger partial charge on any atom is 0.573 e. The fraction of sp³-hybridized carbons (Fsp3) is 0.412. The molecule has 0 aliphatic rings. The van der Waals surface area contributed by atoms with E-state index < -0.39 is 18.0 Å². The van der Waals surface area contributed by atoms with E-state index in [-0.39, 0.29) is 30.5 Å². The lowest BCUT2D eigenvalue weighted by atomic mass is 10.2. The van der Waals surface area contributed by atoms with Crippen molar-refractivity contribution in [3.05, 3.63) is 35.9 Å². The first-order valence-electron chi connectivity index (χ1n) is 7.81. The van der Waals surface area contributed by atoms with Gasteiger partial charge in [0.1, 0.15) is 5.75 Å². The molecule has 0 fully saturated rings. The molecular formula is C17H21F3N2O3. The van der Waals surface area contributed by atoms with Crippen molar-refractivity contribution in [1.82, 2.24) is 10.6 Å². The number of amides is 2. The van der Waals surface area contributed by atoms with Crippen molar-refractivity contribution in [2.75, 3.05) is 6.54 Å². The van der Waals surface area contributed by atoms with Crippen molar-refractivity contribution < 1.29 is 27.5 Å². The smallest absolute Gasteiger partial charge is 0.405 e. The van der Waals surface area contributed by atoms with Crippen molar-refractivity contribution in [2.45, 2.75) is 39.1 Å². The quantitative estimate of drug-likeness (QED) is 0.702. The molecule has 0 heterocycles. The van der Waals surface area contributed by atoms with E-state index in [0.29, 0.717) is 0 Å². The van der Waals surface area contributed by atoms with E-state index in [1.807, 2.05) is 13.8 Å². The SMILES string of the molecule is CCC(C)NC(=O)CCNC(=O)/C=C/c1ccccc1OC(F)(F)F. The first-order valence-corrected chi connectivity index (χ1v) is 7.81. The summed E-state index contributed by atoms with van der Waals surface area (Å²) in [5.41, 5.74) is 0.115. The summed E-state index contributed by atoms with van der Waals surface area (Å²) in [5, 5.41) is 5.25. The summed E-state index contributed by atoms with van der Waals surface area (Å²) in [4.78, 5) is 23.2. The first-order chi connectivity index (χ1) is 11.7. The Balaban J connectivity index is 2.51. The van der Waals surface area contributed by atoms with Crippen LogP contribution >= 0.6 is 0 Å².